The van der Waals surface area contributed by atoms with Crippen molar-refractivity contribution in [2.45, 2.75) is 39.0 Å². The molecule has 0 saturated carbocycles. The minimum absolute atomic E-state index is 0.200. The van der Waals surface area contributed by atoms with Gasteiger partial charge in [0.2, 0.25) is 0 Å². The zero-order chi connectivity index (χ0) is 17.0. The summed E-state index contributed by atoms with van der Waals surface area (Å²) in [7, 11) is 0. The lowest BCUT2D eigenvalue weighted by molar-refractivity contribution is -0.0158. The summed E-state index contributed by atoms with van der Waals surface area (Å²) in [6.45, 7) is 5.79. The molecule has 0 saturated heterocycles. The van der Waals surface area contributed by atoms with Gasteiger partial charge in [0.25, 0.3) is 5.91 Å². The molecule has 0 aliphatic carbocycles. The summed E-state index contributed by atoms with van der Waals surface area (Å²) >= 11 is 0. The van der Waals surface area contributed by atoms with Crippen molar-refractivity contribution >= 4 is 12.0 Å². The third-order valence-corrected chi connectivity index (χ3v) is 3.23. The average Bonchev–Trinajstić information content (AvgIpc) is 2.70. The SMILES string of the molecule is CC(C)(C)OC(=O)NOCCCN1C(=O)c2ccccc2C1O. The lowest BCUT2D eigenvalue weighted by atomic mass is 10.1. The molecule has 7 nitrogen and oxygen atoms in total. The predicted octanol–water partition coefficient (Wildman–Crippen LogP) is 1.98. The van der Waals surface area contributed by atoms with Crippen LogP contribution in [0.4, 0.5) is 4.79 Å². The summed E-state index contributed by atoms with van der Waals surface area (Å²) in [5, 5.41) is 10.2. The Morgan fingerprint density at radius 3 is 2.70 bits per heavy atom. The van der Waals surface area contributed by atoms with Crippen LogP contribution in [0.2, 0.25) is 0 Å². The molecule has 0 aromatic heterocycles. The van der Waals surface area contributed by atoms with E-state index in [0.717, 1.165) is 0 Å². The Bertz CT molecular complexity index is 582. The van der Waals surface area contributed by atoms with Crippen LogP contribution in [0.15, 0.2) is 24.3 Å². The van der Waals surface area contributed by atoms with Gasteiger partial charge in [0.1, 0.15) is 5.60 Å². The molecular weight excluding hydrogens is 300 g/mol. The van der Waals surface area contributed by atoms with Gasteiger partial charge in [-0.05, 0) is 33.3 Å². The van der Waals surface area contributed by atoms with E-state index in [-0.39, 0.29) is 12.5 Å². The first-order valence-corrected chi connectivity index (χ1v) is 7.48. The molecule has 2 rings (SSSR count). The van der Waals surface area contributed by atoms with Gasteiger partial charge in [0, 0.05) is 17.7 Å². The number of nitrogens with one attached hydrogen (secondary N) is 1. The highest BCUT2D eigenvalue weighted by molar-refractivity contribution is 5.98. The first-order valence-electron chi connectivity index (χ1n) is 7.48. The number of rotatable bonds is 5. The highest BCUT2D eigenvalue weighted by atomic mass is 16.7. The number of hydroxylamine groups is 1. The average molecular weight is 322 g/mol. The highest BCUT2D eigenvalue weighted by Crippen LogP contribution is 2.31. The Morgan fingerprint density at radius 2 is 2.04 bits per heavy atom. The van der Waals surface area contributed by atoms with Crippen molar-refractivity contribution in [3.8, 4) is 0 Å². The van der Waals surface area contributed by atoms with E-state index in [4.69, 9.17) is 9.57 Å². The standard InChI is InChI=1S/C16H22N2O5/c1-16(2,3)23-15(21)17-22-10-6-9-18-13(19)11-7-4-5-8-12(11)14(18)20/h4-5,7-8,13,19H,6,9-10H2,1-3H3,(H,17,21). The molecule has 23 heavy (non-hydrogen) atoms. The summed E-state index contributed by atoms with van der Waals surface area (Å²) in [5.74, 6) is -0.201. The third-order valence-electron chi connectivity index (χ3n) is 3.23. The molecule has 0 radical (unpaired) electrons. The molecule has 1 heterocycles. The third kappa shape index (κ3) is 4.43. The Balaban J connectivity index is 1.72. The fourth-order valence-electron chi connectivity index (χ4n) is 2.29. The number of aliphatic hydroxyl groups excluding tert-OH is 1. The van der Waals surface area contributed by atoms with Gasteiger partial charge < -0.3 is 14.7 Å². The fourth-order valence-corrected chi connectivity index (χ4v) is 2.29. The maximum Gasteiger partial charge on any atom is 0.431 e. The summed E-state index contributed by atoms with van der Waals surface area (Å²) in [6.07, 6.45) is -1.13. The smallest absolute Gasteiger partial charge is 0.431 e. The largest absolute Gasteiger partial charge is 0.442 e. The van der Waals surface area contributed by atoms with E-state index >= 15 is 0 Å². The molecule has 0 spiro atoms. The zero-order valence-electron chi connectivity index (χ0n) is 13.5. The minimum Gasteiger partial charge on any atom is -0.442 e. The van der Waals surface area contributed by atoms with E-state index in [1.54, 1.807) is 45.0 Å². The van der Waals surface area contributed by atoms with Gasteiger partial charge in [-0.1, -0.05) is 18.2 Å². The van der Waals surface area contributed by atoms with Crippen molar-refractivity contribution in [3.05, 3.63) is 35.4 Å². The number of carbonyl (C=O) groups is 2. The molecular formula is C16H22N2O5. The maximum absolute atomic E-state index is 12.2. The first kappa shape index (κ1) is 17.2. The second kappa shape index (κ2) is 6.97. The molecule has 1 aromatic carbocycles. The number of benzene rings is 1. The Hall–Kier alpha value is -2.12. The van der Waals surface area contributed by atoms with Crippen LogP contribution in [0.25, 0.3) is 0 Å². The van der Waals surface area contributed by atoms with Gasteiger partial charge in [0.05, 0.1) is 6.61 Å². The van der Waals surface area contributed by atoms with Crippen molar-refractivity contribution in [1.29, 1.82) is 0 Å². The Morgan fingerprint density at radius 1 is 1.35 bits per heavy atom. The van der Waals surface area contributed by atoms with Gasteiger partial charge in [-0.3, -0.25) is 9.63 Å². The fraction of sp³-hybridized carbons (Fsp3) is 0.500. The minimum atomic E-state index is -0.933. The van der Waals surface area contributed by atoms with Gasteiger partial charge in [-0.2, -0.15) is 5.48 Å². The van der Waals surface area contributed by atoms with Crippen molar-refractivity contribution in [2.75, 3.05) is 13.2 Å². The zero-order valence-corrected chi connectivity index (χ0v) is 13.5. The number of nitrogens with zero attached hydrogens (tertiary/aromatic N) is 1. The summed E-state index contributed by atoms with van der Waals surface area (Å²) in [6, 6.07) is 6.98. The van der Waals surface area contributed by atoms with Gasteiger partial charge in [0.15, 0.2) is 6.23 Å². The van der Waals surface area contributed by atoms with Crippen LogP contribution in [-0.2, 0) is 9.57 Å². The van der Waals surface area contributed by atoms with Crippen LogP contribution >= 0.6 is 0 Å². The molecule has 2 N–H and O–H groups in total. The Kier molecular flexibility index (Phi) is 5.23. The number of fused-ring (bicyclic) bond motifs is 1. The maximum atomic E-state index is 12.2. The van der Waals surface area contributed by atoms with Crippen LogP contribution in [-0.4, -0.2) is 40.8 Å². The number of hydrogen-bond acceptors (Lipinski definition) is 5. The highest BCUT2D eigenvalue weighted by Gasteiger charge is 2.34. The monoisotopic (exact) mass is 322 g/mol. The van der Waals surface area contributed by atoms with E-state index in [2.05, 4.69) is 5.48 Å². The molecule has 7 heteroatoms. The normalized spacial score (nSPS) is 17.1. The summed E-state index contributed by atoms with van der Waals surface area (Å²) in [5.41, 5.74) is 2.72. The molecule has 1 aliphatic rings. The molecule has 1 aromatic rings. The van der Waals surface area contributed by atoms with Crippen LogP contribution in [0.1, 0.15) is 49.3 Å². The van der Waals surface area contributed by atoms with E-state index < -0.39 is 17.9 Å². The number of ether oxygens (including phenoxy) is 1. The number of amides is 2. The second-order valence-electron chi connectivity index (χ2n) is 6.27. The molecule has 1 unspecified atom stereocenters. The number of carbonyl (C=O) groups excluding carboxylic acids is 2. The lowest BCUT2D eigenvalue weighted by Crippen LogP contribution is -2.34. The molecule has 2 amide bonds. The van der Waals surface area contributed by atoms with Crippen LogP contribution in [0.3, 0.4) is 0 Å². The second-order valence-corrected chi connectivity index (χ2v) is 6.27. The van der Waals surface area contributed by atoms with Crippen LogP contribution in [0.5, 0.6) is 0 Å². The Labute approximate surface area is 135 Å². The van der Waals surface area contributed by atoms with Crippen LogP contribution in [0, 0.1) is 0 Å². The molecule has 0 fully saturated rings. The predicted molar refractivity (Wildman–Crippen MR) is 82.4 cm³/mol. The van der Waals surface area contributed by atoms with Crippen molar-refractivity contribution in [2.24, 2.45) is 0 Å². The molecule has 1 atom stereocenters. The van der Waals surface area contributed by atoms with Gasteiger partial charge >= 0.3 is 6.09 Å². The number of hydrogen-bond donors (Lipinski definition) is 2. The van der Waals surface area contributed by atoms with E-state index in [1.165, 1.54) is 4.90 Å². The lowest BCUT2D eigenvalue weighted by Gasteiger charge is -2.21. The first-order chi connectivity index (χ1) is 10.8. The molecule has 1 aliphatic heterocycles. The van der Waals surface area contributed by atoms with Gasteiger partial charge in [-0.15, -0.1) is 0 Å². The summed E-state index contributed by atoms with van der Waals surface area (Å²) in [4.78, 5) is 29.9. The topological polar surface area (TPSA) is 88.1 Å². The van der Waals surface area contributed by atoms with Crippen molar-refractivity contribution in [1.82, 2.24) is 10.4 Å². The molecule has 0 bridgehead atoms. The quantitative estimate of drug-likeness (QED) is 0.639. The van der Waals surface area contributed by atoms with Crippen molar-refractivity contribution < 1.29 is 24.3 Å². The number of aliphatic hydroxyl groups is 1. The van der Waals surface area contributed by atoms with Gasteiger partial charge in [-0.25, -0.2) is 4.79 Å². The molecule has 126 valence electrons. The summed E-state index contributed by atoms with van der Waals surface area (Å²) < 4.78 is 5.01. The van der Waals surface area contributed by atoms with Crippen molar-refractivity contribution in [3.63, 3.8) is 0 Å². The van der Waals surface area contributed by atoms with Crippen LogP contribution < -0.4 is 5.48 Å². The van der Waals surface area contributed by atoms with E-state index in [0.29, 0.717) is 24.1 Å². The van der Waals surface area contributed by atoms with E-state index in [1.807, 2.05) is 0 Å². The van der Waals surface area contributed by atoms with E-state index in [9.17, 15) is 14.7 Å².